The van der Waals surface area contributed by atoms with Crippen molar-refractivity contribution in [3.8, 4) is 0 Å². The number of rotatable bonds is 4. The van der Waals surface area contributed by atoms with Crippen molar-refractivity contribution < 1.29 is 4.79 Å². The number of carbonyl (C=O) groups excluding carboxylic acids is 1. The first kappa shape index (κ1) is 13.6. The third-order valence-corrected chi connectivity index (χ3v) is 4.70. The van der Waals surface area contributed by atoms with Gasteiger partial charge >= 0.3 is 0 Å². The smallest absolute Gasteiger partial charge is 0.236 e. The van der Waals surface area contributed by atoms with E-state index in [2.05, 4.69) is 36.2 Å². The van der Waals surface area contributed by atoms with Gasteiger partial charge in [-0.1, -0.05) is 35.2 Å². The van der Waals surface area contributed by atoms with E-state index in [4.69, 9.17) is 0 Å². The number of halogens is 1. The summed E-state index contributed by atoms with van der Waals surface area (Å²) in [5.41, 5.74) is 1.87. The van der Waals surface area contributed by atoms with Crippen molar-refractivity contribution in [1.29, 1.82) is 0 Å². The molecule has 0 unspecified atom stereocenters. The van der Waals surface area contributed by atoms with Gasteiger partial charge in [-0.15, -0.1) is 0 Å². The molecular formula is C12H9BrN4OS2. The molecule has 20 heavy (non-hydrogen) atoms. The molecule has 0 bridgehead atoms. The van der Waals surface area contributed by atoms with E-state index >= 15 is 0 Å². The van der Waals surface area contributed by atoms with E-state index in [0.717, 1.165) is 20.0 Å². The van der Waals surface area contributed by atoms with Crippen molar-refractivity contribution in [3.63, 3.8) is 0 Å². The molecule has 2 heterocycles. The van der Waals surface area contributed by atoms with Crippen LogP contribution in [0.2, 0.25) is 0 Å². The normalized spacial score (nSPS) is 10.8. The highest BCUT2D eigenvalue weighted by Crippen LogP contribution is 2.24. The summed E-state index contributed by atoms with van der Waals surface area (Å²) < 4.78 is 0.887. The molecule has 0 atom stereocenters. The average Bonchev–Trinajstić information content (AvgIpc) is 3.02. The van der Waals surface area contributed by atoms with Gasteiger partial charge in [-0.25, -0.2) is 9.97 Å². The quantitative estimate of drug-likeness (QED) is 0.691. The largest absolute Gasteiger partial charge is 0.333 e. The van der Waals surface area contributed by atoms with Gasteiger partial charge in [0, 0.05) is 0 Å². The maximum atomic E-state index is 11.8. The van der Waals surface area contributed by atoms with Crippen LogP contribution in [0, 0.1) is 0 Å². The number of fused-ring (bicyclic) bond motifs is 1. The Balaban J connectivity index is 1.59. The number of benzene rings is 1. The first-order valence-electron chi connectivity index (χ1n) is 5.69. The molecule has 0 saturated carbocycles. The number of thiazole rings is 1. The van der Waals surface area contributed by atoms with Crippen molar-refractivity contribution in [2.75, 3.05) is 11.1 Å². The minimum Gasteiger partial charge on any atom is -0.333 e. The predicted octanol–water partition coefficient (Wildman–Crippen LogP) is 3.51. The maximum Gasteiger partial charge on any atom is 0.236 e. The van der Waals surface area contributed by atoms with Gasteiger partial charge in [-0.2, -0.15) is 0 Å². The van der Waals surface area contributed by atoms with Crippen LogP contribution in [-0.2, 0) is 4.79 Å². The summed E-state index contributed by atoms with van der Waals surface area (Å²) in [6.07, 6.45) is 1.66. The summed E-state index contributed by atoms with van der Waals surface area (Å²) in [7, 11) is 0. The average molecular weight is 369 g/mol. The Morgan fingerprint density at radius 3 is 3.05 bits per heavy atom. The lowest BCUT2D eigenvalue weighted by atomic mass is 10.3. The van der Waals surface area contributed by atoms with Crippen molar-refractivity contribution in [2.45, 2.75) is 5.16 Å². The minimum absolute atomic E-state index is 0.0997. The summed E-state index contributed by atoms with van der Waals surface area (Å²) in [4.78, 5) is 23.4. The van der Waals surface area contributed by atoms with E-state index in [1.807, 2.05) is 24.3 Å². The number of carbonyl (C=O) groups is 1. The Labute approximate surface area is 131 Å². The highest BCUT2D eigenvalue weighted by atomic mass is 79.9. The van der Waals surface area contributed by atoms with E-state index in [0.29, 0.717) is 5.13 Å². The number of H-pyrrole nitrogens is 1. The van der Waals surface area contributed by atoms with E-state index in [1.165, 1.54) is 23.1 Å². The maximum absolute atomic E-state index is 11.8. The monoisotopic (exact) mass is 368 g/mol. The molecule has 102 valence electrons. The lowest BCUT2D eigenvalue weighted by molar-refractivity contribution is -0.113. The second-order valence-corrected chi connectivity index (χ2v) is 7.24. The van der Waals surface area contributed by atoms with E-state index < -0.39 is 0 Å². The number of thioether (sulfide) groups is 1. The molecule has 2 N–H and O–H groups in total. The fraction of sp³-hybridized carbons (Fsp3) is 0.0833. The summed E-state index contributed by atoms with van der Waals surface area (Å²) in [5, 5.41) is 4.07. The Morgan fingerprint density at radius 2 is 2.30 bits per heavy atom. The van der Waals surface area contributed by atoms with Crippen LogP contribution in [0.1, 0.15) is 0 Å². The number of imidazole rings is 1. The van der Waals surface area contributed by atoms with Gasteiger partial charge in [-0.05, 0) is 28.1 Å². The number of nitrogens with zero attached hydrogens (tertiary/aromatic N) is 2. The molecule has 0 fully saturated rings. The van der Waals surface area contributed by atoms with E-state index in [-0.39, 0.29) is 11.7 Å². The first-order valence-corrected chi connectivity index (χ1v) is 8.29. The fourth-order valence-electron chi connectivity index (χ4n) is 1.60. The first-order chi connectivity index (χ1) is 9.70. The molecule has 1 aromatic carbocycles. The van der Waals surface area contributed by atoms with Crippen LogP contribution in [0.15, 0.2) is 39.4 Å². The fourth-order valence-corrected chi connectivity index (χ4v) is 3.41. The highest BCUT2D eigenvalue weighted by Gasteiger charge is 2.08. The number of para-hydroxylation sites is 2. The van der Waals surface area contributed by atoms with Gasteiger partial charge in [0.15, 0.2) is 10.3 Å². The zero-order valence-electron chi connectivity index (χ0n) is 10.1. The Kier molecular flexibility index (Phi) is 4.04. The molecule has 2 aromatic heterocycles. The molecule has 0 aliphatic rings. The van der Waals surface area contributed by atoms with Crippen LogP contribution in [-0.4, -0.2) is 26.6 Å². The molecule has 0 spiro atoms. The summed E-state index contributed by atoms with van der Waals surface area (Å²) >= 11 is 6.05. The van der Waals surface area contributed by atoms with E-state index in [9.17, 15) is 4.79 Å². The van der Waals surface area contributed by atoms with Gasteiger partial charge in [0.05, 0.1) is 26.8 Å². The predicted molar refractivity (Wildman–Crippen MR) is 85.3 cm³/mol. The number of aromatic nitrogens is 3. The lowest BCUT2D eigenvalue weighted by Crippen LogP contribution is -2.13. The van der Waals surface area contributed by atoms with Gasteiger partial charge in [0.2, 0.25) is 5.91 Å². The Bertz CT molecular complexity index is 722. The van der Waals surface area contributed by atoms with Crippen LogP contribution in [0.4, 0.5) is 5.13 Å². The van der Waals surface area contributed by atoms with Crippen molar-refractivity contribution in [2.24, 2.45) is 0 Å². The summed E-state index contributed by atoms with van der Waals surface area (Å²) in [6, 6.07) is 7.77. The second kappa shape index (κ2) is 5.94. The van der Waals surface area contributed by atoms with Crippen LogP contribution in [0.5, 0.6) is 0 Å². The third kappa shape index (κ3) is 3.20. The summed E-state index contributed by atoms with van der Waals surface area (Å²) in [5.74, 6) is 0.189. The number of hydrogen-bond acceptors (Lipinski definition) is 5. The zero-order valence-corrected chi connectivity index (χ0v) is 13.3. The molecule has 0 saturated heterocycles. The topological polar surface area (TPSA) is 70.7 Å². The molecule has 5 nitrogen and oxygen atoms in total. The standard InChI is InChI=1S/C12H9BrN4OS2/c13-9-5-14-11(20-9)17-10(18)6-19-12-15-7-3-1-2-4-8(7)16-12/h1-5H,6H2,(H,15,16)(H,14,17,18). The summed E-state index contributed by atoms with van der Waals surface area (Å²) in [6.45, 7) is 0. The molecule has 3 aromatic rings. The molecule has 1 amide bonds. The zero-order chi connectivity index (χ0) is 13.9. The molecule has 3 rings (SSSR count). The highest BCUT2D eigenvalue weighted by molar-refractivity contribution is 9.11. The Hall–Kier alpha value is -1.38. The van der Waals surface area contributed by atoms with Crippen LogP contribution in [0.3, 0.4) is 0 Å². The molecule has 8 heteroatoms. The molecule has 0 aliphatic carbocycles. The van der Waals surface area contributed by atoms with Crippen LogP contribution in [0.25, 0.3) is 11.0 Å². The van der Waals surface area contributed by atoms with Gasteiger partial charge in [0.25, 0.3) is 0 Å². The number of nitrogens with one attached hydrogen (secondary N) is 2. The number of anilines is 1. The van der Waals surface area contributed by atoms with Gasteiger partial charge in [-0.3, -0.25) is 4.79 Å². The van der Waals surface area contributed by atoms with Crippen LogP contribution < -0.4 is 5.32 Å². The molecule has 0 radical (unpaired) electrons. The molecule has 0 aliphatic heterocycles. The molecular weight excluding hydrogens is 360 g/mol. The number of aromatic amines is 1. The third-order valence-electron chi connectivity index (χ3n) is 2.43. The SMILES string of the molecule is O=C(CSc1nc2ccccc2[nH]1)Nc1ncc(Br)s1. The van der Waals surface area contributed by atoms with E-state index in [1.54, 1.807) is 6.20 Å². The Morgan fingerprint density at radius 1 is 1.45 bits per heavy atom. The van der Waals surface area contributed by atoms with Gasteiger partial charge < -0.3 is 10.3 Å². The van der Waals surface area contributed by atoms with Crippen molar-refractivity contribution in [1.82, 2.24) is 15.0 Å². The second-order valence-electron chi connectivity index (χ2n) is 3.87. The van der Waals surface area contributed by atoms with Crippen LogP contribution >= 0.6 is 39.0 Å². The number of amides is 1. The number of hydrogen-bond donors (Lipinski definition) is 2. The minimum atomic E-state index is -0.0997. The lowest BCUT2D eigenvalue weighted by Gasteiger charge is -1.99. The van der Waals surface area contributed by atoms with Crippen molar-refractivity contribution in [3.05, 3.63) is 34.2 Å². The van der Waals surface area contributed by atoms with Crippen molar-refractivity contribution >= 4 is 61.1 Å². The van der Waals surface area contributed by atoms with Gasteiger partial charge in [0.1, 0.15) is 0 Å².